The van der Waals surface area contributed by atoms with Crippen LogP contribution in [0.25, 0.3) is 0 Å². The normalized spacial score (nSPS) is 11.0. The van der Waals surface area contributed by atoms with Crippen molar-refractivity contribution < 1.29 is 23.2 Å². The van der Waals surface area contributed by atoms with Crippen LogP contribution in [-0.2, 0) is 9.53 Å². The number of esters is 1. The van der Waals surface area contributed by atoms with E-state index in [2.05, 4.69) is 4.74 Å². The van der Waals surface area contributed by atoms with Gasteiger partial charge in [-0.05, 0) is 6.42 Å². The second kappa shape index (κ2) is 4.68. The summed E-state index contributed by atoms with van der Waals surface area (Å²) in [6.07, 6.45) is 1.05. The Morgan fingerprint density at radius 2 is 2.15 bits per heavy atom. The van der Waals surface area contributed by atoms with Crippen LogP contribution >= 0.6 is 0 Å². The van der Waals surface area contributed by atoms with Gasteiger partial charge < -0.3 is 4.74 Å². The van der Waals surface area contributed by atoms with E-state index in [0.29, 0.717) is 12.8 Å². The summed E-state index contributed by atoms with van der Waals surface area (Å²) in [7, 11) is 0. The van der Waals surface area contributed by atoms with Gasteiger partial charge in [0.2, 0.25) is 0 Å². The van der Waals surface area contributed by atoms with E-state index in [1.165, 1.54) is 0 Å². The van der Waals surface area contributed by atoms with Crippen LogP contribution in [0.1, 0.15) is 19.8 Å². The highest BCUT2D eigenvalue weighted by molar-refractivity contribution is 5.75. The molecule has 76 valence electrons. The van der Waals surface area contributed by atoms with Gasteiger partial charge in [0.25, 0.3) is 0 Å². The van der Waals surface area contributed by atoms with Crippen molar-refractivity contribution in [2.24, 2.45) is 0 Å². The molecule has 0 unspecified atom stereocenters. The van der Waals surface area contributed by atoms with Crippen molar-refractivity contribution in [3.63, 3.8) is 0 Å². The monoisotopic (exact) mass is 197 g/mol. The molecule has 0 saturated carbocycles. The smallest absolute Gasteiger partial charge is 0.456 e. The number of nitrogens with zero attached hydrogens (tertiary/aromatic N) is 1. The number of rotatable bonds is 5. The molecule has 0 heterocycles. The molecule has 0 aliphatic carbocycles. The van der Waals surface area contributed by atoms with Crippen LogP contribution in [0.3, 0.4) is 0 Å². The van der Waals surface area contributed by atoms with Crippen LogP contribution in [0.5, 0.6) is 0 Å². The largest absolute Gasteiger partial charge is 0.613 e. The standard InChI is InChI=1S/C6H9F2NO4/c1-2-3-4-13-5(10)6(7,8)9(11)12/h2-4H2,1H3. The summed E-state index contributed by atoms with van der Waals surface area (Å²) in [5.41, 5.74) is 0. The predicted molar refractivity (Wildman–Crippen MR) is 37.8 cm³/mol. The fourth-order valence-corrected chi connectivity index (χ4v) is 0.471. The zero-order valence-electron chi connectivity index (χ0n) is 6.96. The topological polar surface area (TPSA) is 69.4 Å². The second-order valence-corrected chi connectivity index (χ2v) is 2.29. The maximum atomic E-state index is 12.2. The Morgan fingerprint density at radius 3 is 2.54 bits per heavy atom. The first-order chi connectivity index (χ1) is 5.92. The number of hydrogen-bond acceptors (Lipinski definition) is 4. The molecule has 0 N–H and O–H groups in total. The number of alkyl halides is 2. The highest BCUT2D eigenvalue weighted by atomic mass is 19.3. The summed E-state index contributed by atoms with van der Waals surface area (Å²) in [6, 6.07) is -4.63. The molecule has 0 aromatic rings. The summed E-state index contributed by atoms with van der Waals surface area (Å²) in [6.45, 7) is 1.54. The van der Waals surface area contributed by atoms with E-state index >= 15 is 0 Å². The first-order valence-electron chi connectivity index (χ1n) is 3.62. The number of ether oxygens (including phenoxy) is 1. The molecular weight excluding hydrogens is 188 g/mol. The minimum Gasteiger partial charge on any atom is -0.456 e. The van der Waals surface area contributed by atoms with Gasteiger partial charge in [0.15, 0.2) is 0 Å². The number of unbranched alkanes of at least 4 members (excludes halogenated alkanes) is 1. The van der Waals surface area contributed by atoms with Crippen LogP contribution in [-0.4, -0.2) is 23.5 Å². The predicted octanol–water partition coefficient (Wildman–Crippen LogP) is 1.20. The SMILES string of the molecule is CCCCOC(=O)C(F)(F)[N+](=O)[O-]. The molecule has 0 rings (SSSR count). The lowest BCUT2D eigenvalue weighted by Gasteiger charge is -2.06. The van der Waals surface area contributed by atoms with Gasteiger partial charge >= 0.3 is 12.0 Å². The molecule has 7 heteroatoms. The highest BCUT2D eigenvalue weighted by Crippen LogP contribution is 2.15. The summed E-state index contributed by atoms with van der Waals surface area (Å²) >= 11 is 0. The van der Waals surface area contributed by atoms with Gasteiger partial charge in [-0.15, -0.1) is 8.78 Å². The number of carbonyl (C=O) groups is 1. The van der Waals surface area contributed by atoms with Gasteiger partial charge in [-0.1, -0.05) is 13.3 Å². The average Bonchev–Trinajstić information content (AvgIpc) is 2.04. The zero-order valence-corrected chi connectivity index (χ0v) is 6.96. The third kappa shape index (κ3) is 3.30. The molecule has 0 spiro atoms. The minimum atomic E-state index is -4.63. The molecule has 0 saturated heterocycles. The molecule has 0 aromatic heterocycles. The molecule has 0 amide bonds. The quantitative estimate of drug-likeness (QED) is 0.218. The van der Waals surface area contributed by atoms with E-state index in [1.54, 1.807) is 6.92 Å². The van der Waals surface area contributed by atoms with Gasteiger partial charge in [-0.2, -0.15) is 0 Å². The lowest BCUT2D eigenvalue weighted by molar-refractivity contribution is -0.625. The van der Waals surface area contributed by atoms with Gasteiger partial charge in [0.05, 0.1) is 6.61 Å². The molecule has 0 fully saturated rings. The van der Waals surface area contributed by atoms with Crippen molar-refractivity contribution in [2.45, 2.75) is 25.8 Å². The molecule has 0 atom stereocenters. The molecule has 0 aliphatic rings. The van der Waals surface area contributed by atoms with Crippen molar-refractivity contribution in [3.8, 4) is 0 Å². The van der Waals surface area contributed by atoms with E-state index in [-0.39, 0.29) is 6.61 Å². The van der Waals surface area contributed by atoms with Crippen molar-refractivity contribution in [3.05, 3.63) is 10.1 Å². The third-order valence-electron chi connectivity index (χ3n) is 1.21. The molecule has 0 radical (unpaired) electrons. The molecule has 0 aromatic carbocycles. The molecule has 5 nitrogen and oxygen atoms in total. The second-order valence-electron chi connectivity index (χ2n) is 2.29. The maximum absolute atomic E-state index is 12.2. The van der Waals surface area contributed by atoms with Crippen molar-refractivity contribution in [1.29, 1.82) is 0 Å². The van der Waals surface area contributed by atoms with E-state index in [0.717, 1.165) is 0 Å². The average molecular weight is 197 g/mol. The fourth-order valence-electron chi connectivity index (χ4n) is 0.471. The van der Waals surface area contributed by atoms with Crippen molar-refractivity contribution in [1.82, 2.24) is 0 Å². The Hall–Kier alpha value is -1.27. The summed E-state index contributed by atoms with van der Waals surface area (Å²) in [4.78, 5) is 18.0. The number of hydrogen-bond donors (Lipinski definition) is 0. The summed E-state index contributed by atoms with van der Waals surface area (Å²) in [5, 5.41) is 9.65. The number of halogens is 2. The molecule has 0 bridgehead atoms. The Kier molecular flexibility index (Phi) is 4.22. The number of nitro groups is 1. The summed E-state index contributed by atoms with van der Waals surface area (Å²) in [5.74, 6) is -2.11. The van der Waals surface area contributed by atoms with Crippen LogP contribution in [0, 0.1) is 10.1 Å². The van der Waals surface area contributed by atoms with Crippen LogP contribution in [0.2, 0.25) is 0 Å². The molecule has 13 heavy (non-hydrogen) atoms. The first-order valence-corrected chi connectivity index (χ1v) is 3.62. The van der Waals surface area contributed by atoms with Gasteiger partial charge in [-0.3, -0.25) is 10.1 Å². The van der Waals surface area contributed by atoms with Gasteiger partial charge in [-0.25, -0.2) is 4.79 Å². The Morgan fingerprint density at radius 1 is 1.62 bits per heavy atom. The van der Waals surface area contributed by atoms with E-state index in [1.807, 2.05) is 0 Å². The highest BCUT2D eigenvalue weighted by Gasteiger charge is 2.55. The molecule has 0 aliphatic heterocycles. The minimum absolute atomic E-state index is 0.223. The lowest BCUT2D eigenvalue weighted by atomic mass is 10.4. The van der Waals surface area contributed by atoms with Crippen LogP contribution < -0.4 is 0 Å². The Bertz CT molecular complexity index is 207. The van der Waals surface area contributed by atoms with E-state index < -0.39 is 16.9 Å². The van der Waals surface area contributed by atoms with Crippen LogP contribution in [0.15, 0.2) is 0 Å². The fraction of sp³-hybridized carbons (Fsp3) is 0.833. The first kappa shape index (κ1) is 11.7. The van der Waals surface area contributed by atoms with Gasteiger partial charge in [0, 0.05) is 0 Å². The lowest BCUT2D eigenvalue weighted by Crippen LogP contribution is -2.38. The van der Waals surface area contributed by atoms with E-state index in [9.17, 15) is 23.7 Å². The van der Waals surface area contributed by atoms with Crippen molar-refractivity contribution >= 4 is 5.97 Å². The molecular formula is C6H9F2NO4. The van der Waals surface area contributed by atoms with Crippen molar-refractivity contribution in [2.75, 3.05) is 6.61 Å². The van der Waals surface area contributed by atoms with Gasteiger partial charge in [0.1, 0.15) is 4.92 Å². The van der Waals surface area contributed by atoms with E-state index in [4.69, 9.17) is 0 Å². The zero-order chi connectivity index (χ0) is 10.5. The Labute approximate surface area is 72.8 Å². The summed E-state index contributed by atoms with van der Waals surface area (Å²) < 4.78 is 28.4. The maximum Gasteiger partial charge on any atom is 0.613 e. The third-order valence-corrected chi connectivity index (χ3v) is 1.21. The van der Waals surface area contributed by atoms with Crippen LogP contribution in [0.4, 0.5) is 8.78 Å². The Balaban J connectivity index is 4.03. The number of carbonyl (C=O) groups excluding carboxylic acids is 1.